The number of hydrogen-bond acceptors (Lipinski definition) is 16. The number of nitrogens with zero attached hydrogens (tertiary/aromatic N) is 14. The van der Waals surface area contributed by atoms with Gasteiger partial charge < -0.3 is 36.3 Å². The summed E-state index contributed by atoms with van der Waals surface area (Å²) in [5.74, 6) is 1.32. The third-order valence-electron chi connectivity index (χ3n) is 16.3. The molecule has 2 unspecified atom stereocenters. The van der Waals surface area contributed by atoms with Crippen molar-refractivity contribution in [2.24, 2.45) is 22.6 Å². The molecule has 0 spiro atoms. The fourth-order valence-electron chi connectivity index (χ4n) is 11.4. The topological polar surface area (TPSA) is 287 Å². The lowest BCUT2D eigenvalue weighted by Crippen LogP contribution is -2.53. The molecular formula is C55H63N17O5. The lowest BCUT2D eigenvalue weighted by Gasteiger charge is -2.50. The number of likely N-dealkylation sites (N-methyl/N-ethyl adjacent to an activating group) is 1. The number of nitrogen functional groups attached to an aromatic ring is 2. The molecule has 7 aromatic rings. The molecule has 0 radical (unpaired) electrons. The quantitative estimate of drug-likeness (QED) is 0.0878. The van der Waals surface area contributed by atoms with Crippen LogP contribution in [-0.2, 0) is 38.2 Å². The summed E-state index contributed by atoms with van der Waals surface area (Å²) in [5, 5.41) is 13.3. The van der Waals surface area contributed by atoms with Gasteiger partial charge in [0.1, 0.15) is 18.9 Å². The summed E-state index contributed by atoms with van der Waals surface area (Å²) in [7, 11) is 1.78. The molecule has 11 rings (SSSR count). The molecule has 2 atom stereocenters. The van der Waals surface area contributed by atoms with Gasteiger partial charge >= 0.3 is 0 Å². The van der Waals surface area contributed by atoms with E-state index in [2.05, 4.69) is 71.2 Å². The summed E-state index contributed by atoms with van der Waals surface area (Å²) < 4.78 is 15.2. The summed E-state index contributed by atoms with van der Waals surface area (Å²) in [6.45, 7) is 8.24. The van der Waals surface area contributed by atoms with Crippen molar-refractivity contribution in [1.29, 1.82) is 0 Å². The Kier molecular flexibility index (Phi) is 13.9. The number of rotatable bonds is 16. The Balaban J connectivity index is 0.708. The predicted molar refractivity (Wildman–Crippen MR) is 285 cm³/mol. The number of piperazine rings is 1. The van der Waals surface area contributed by atoms with E-state index in [1.807, 2.05) is 41.3 Å². The van der Waals surface area contributed by atoms with Crippen LogP contribution < -0.4 is 17.2 Å². The third kappa shape index (κ3) is 10.4. The number of benzene rings is 2. The second-order valence-corrected chi connectivity index (χ2v) is 21.3. The van der Waals surface area contributed by atoms with Crippen molar-refractivity contribution in [2.75, 3.05) is 57.8 Å². The number of aliphatic imine (C=N–C) groups is 1. The highest BCUT2D eigenvalue weighted by molar-refractivity contribution is 6.06. The molecule has 2 saturated heterocycles. The van der Waals surface area contributed by atoms with Crippen molar-refractivity contribution in [3.05, 3.63) is 121 Å². The molecule has 5 aromatic heterocycles. The van der Waals surface area contributed by atoms with E-state index in [-0.39, 0.29) is 71.6 Å². The van der Waals surface area contributed by atoms with E-state index < -0.39 is 11.3 Å². The standard InChI is InChI=1S/C55H63N17O5/c1-34(2)69-15-17-70(18-16-69)47(74)32-71-28-41(26-63-71)48(75)65-50(56)55(44-11-7-36(8-12-44)40-24-61-53(58)62-25-40)20-38(21-55)37-19-45(76-33-37)30-68(3)46(73)31-72-29-42(27-64-72)49-66-51(67-77-49)54(13-4-14-54)43-9-5-35(6-10-43)39-22-59-52(57)60-23-39/h5-12,22-29,34,37-38,45H,4,13-21,30-33H2,1-3H3,(H2,56,65,75)(H2,57,59,60)(H2,58,61,62). The predicted octanol–water partition coefficient (Wildman–Crippen LogP) is 4.64. The normalized spacial score (nSPS) is 21.4. The molecule has 0 bridgehead atoms. The van der Waals surface area contributed by atoms with Gasteiger partial charge in [-0.25, -0.2) is 19.9 Å². The van der Waals surface area contributed by atoms with E-state index in [0.29, 0.717) is 62.4 Å². The molecule has 398 valence electrons. The van der Waals surface area contributed by atoms with Crippen LogP contribution in [0.15, 0.2) is 108 Å². The van der Waals surface area contributed by atoms with Crippen molar-refractivity contribution >= 4 is 35.5 Å². The maximum Gasteiger partial charge on any atom is 0.281 e. The molecule has 22 nitrogen and oxygen atoms in total. The Morgan fingerprint density at radius 1 is 0.753 bits per heavy atom. The van der Waals surface area contributed by atoms with Gasteiger partial charge in [-0.3, -0.25) is 28.6 Å². The van der Waals surface area contributed by atoms with Crippen LogP contribution in [0.4, 0.5) is 11.9 Å². The van der Waals surface area contributed by atoms with Gasteiger partial charge in [0.05, 0.1) is 47.1 Å². The summed E-state index contributed by atoms with van der Waals surface area (Å²) >= 11 is 0. The number of aromatic nitrogens is 10. The molecule has 22 heteroatoms. The first kappa shape index (κ1) is 50.9. The smallest absolute Gasteiger partial charge is 0.281 e. The molecule has 4 aliphatic rings. The highest BCUT2D eigenvalue weighted by Gasteiger charge is 2.53. The second-order valence-electron chi connectivity index (χ2n) is 21.3. The highest BCUT2D eigenvalue weighted by Crippen LogP contribution is 2.53. The van der Waals surface area contributed by atoms with Gasteiger partial charge in [0.25, 0.3) is 11.8 Å². The van der Waals surface area contributed by atoms with Crippen LogP contribution in [0.2, 0.25) is 0 Å². The molecule has 2 aliphatic carbocycles. The third-order valence-corrected chi connectivity index (χ3v) is 16.3. The van der Waals surface area contributed by atoms with Gasteiger partial charge in [-0.2, -0.15) is 20.2 Å². The molecular weight excluding hydrogens is 979 g/mol. The summed E-state index contributed by atoms with van der Waals surface area (Å²) in [6.07, 6.45) is 17.9. The average molecular weight is 1040 g/mol. The van der Waals surface area contributed by atoms with Gasteiger partial charge in [0, 0.05) is 94.1 Å². The van der Waals surface area contributed by atoms with Crippen molar-refractivity contribution in [3.63, 3.8) is 0 Å². The molecule has 2 saturated carbocycles. The maximum atomic E-state index is 13.8. The van der Waals surface area contributed by atoms with E-state index >= 15 is 0 Å². The van der Waals surface area contributed by atoms with Gasteiger partial charge in [0.15, 0.2) is 5.82 Å². The minimum Gasteiger partial charge on any atom is -0.386 e. The number of amidine groups is 1. The molecule has 77 heavy (non-hydrogen) atoms. The van der Waals surface area contributed by atoms with E-state index in [4.69, 9.17) is 31.4 Å². The van der Waals surface area contributed by atoms with Crippen molar-refractivity contribution < 1.29 is 23.6 Å². The molecule has 2 aliphatic heterocycles. The highest BCUT2D eigenvalue weighted by atomic mass is 16.5. The second kappa shape index (κ2) is 21.1. The Morgan fingerprint density at radius 2 is 1.36 bits per heavy atom. The van der Waals surface area contributed by atoms with Crippen LogP contribution >= 0.6 is 0 Å². The fourth-order valence-corrected chi connectivity index (χ4v) is 11.4. The number of nitrogens with two attached hydrogens (primary N) is 3. The number of anilines is 2. The Morgan fingerprint density at radius 3 is 1.97 bits per heavy atom. The van der Waals surface area contributed by atoms with Crippen LogP contribution in [-0.4, -0.2) is 146 Å². The molecule has 2 aromatic carbocycles. The van der Waals surface area contributed by atoms with Crippen LogP contribution in [0, 0.1) is 11.8 Å². The van der Waals surface area contributed by atoms with Gasteiger partial charge in [0.2, 0.25) is 23.7 Å². The number of carbonyl (C=O) groups excluding carboxylic acids is 3. The molecule has 6 N–H and O–H groups in total. The van der Waals surface area contributed by atoms with Crippen LogP contribution in [0.1, 0.15) is 79.7 Å². The SMILES string of the molecule is CC(C)N1CCN(C(=O)Cn2cc(C(=O)N=C(N)C3(c4ccc(-c5cnc(N)nc5)cc4)CC(C4COC(CN(C)C(=O)Cn5cc(-c6nc(C7(c8ccc(-c9cnc(N)nc9)cc8)CCC7)no6)cn5)C4)C3)cn2)CC1. The van der Waals surface area contributed by atoms with Crippen molar-refractivity contribution in [2.45, 2.75) is 88.4 Å². The lowest BCUT2D eigenvalue weighted by molar-refractivity contribution is -0.134. The van der Waals surface area contributed by atoms with Crippen LogP contribution in [0.5, 0.6) is 0 Å². The Hall–Kier alpha value is -8.24. The first-order valence-electron chi connectivity index (χ1n) is 26.2. The van der Waals surface area contributed by atoms with E-state index in [1.54, 1.807) is 60.0 Å². The monoisotopic (exact) mass is 1040 g/mol. The molecule has 3 amide bonds. The van der Waals surface area contributed by atoms with Crippen LogP contribution in [0.25, 0.3) is 33.7 Å². The van der Waals surface area contributed by atoms with Gasteiger partial charge in [-0.15, -0.1) is 0 Å². The van der Waals surface area contributed by atoms with Crippen molar-refractivity contribution in [3.8, 4) is 33.7 Å². The first-order chi connectivity index (χ1) is 37.2. The zero-order valence-corrected chi connectivity index (χ0v) is 43.5. The summed E-state index contributed by atoms with van der Waals surface area (Å²) in [4.78, 5) is 72.4. The maximum absolute atomic E-state index is 13.8. The number of carbonyl (C=O) groups is 3. The Labute approximate surface area is 445 Å². The number of hydrogen-bond donors (Lipinski definition) is 3. The van der Waals surface area contributed by atoms with Gasteiger partial charge in [-0.1, -0.05) is 60.1 Å². The van der Waals surface area contributed by atoms with E-state index in [9.17, 15) is 14.4 Å². The Bertz CT molecular complexity index is 3260. The number of amides is 3. The molecule has 4 fully saturated rings. The van der Waals surface area contributed by atoms with Crippen molar-refractivity contribution in [1.82, 2.24) is 64.3 Å². The zero-order chi connectivity index (χ0) is 53.4. The minimum absolute atomic E-state index is 0.0185. The minimum atomic E-state index is -0.725. The van der Waals surface area contributed by atoms with E-state index in [0.717, 1.165) is 72.2 Å². The zero-order valence-electron chi connectivity index (χ0n) is 43.5. The lowest BCUT2D eigenvalue weighted by atomic mass is 9.54. The van der Waals surface area contributed by atoms with E-state index in [1.165, 1.54) is 10.9 Å². The fraction of sp³-hybridized carbons (Fsp3) is 0.418. The first-order valence-corrected chi connectivity index (χ1v) is 26.2. The average Bonchev–Trinajstić information content (AvgIpc) is 4.34. The largest absolute Gasteiger partial charge is 0.386 e. The number of ether oxygens (including phenoxy) is 1. The summed E-state index contributed by atoms with van der Waals surface area (Å²) in [5.41, 5.74) is 23.8. The molecule has 7 heterocycles. The van der Waals surface area contributed by atoms with Crippen LogP contribution in [0.3, 0.4) is 0 Å². The summed E-state index contributed by atoms with van der Waals surface area (Å²) in [6, 6.07) is 16.7. The van der Waals surface area contributed by atoms with Gasteiger partial charge in [-0.05, 0) is 80.0 Å².